The fourth-order valence-electron chi connectivity index (χ4n) is 1.48. The molecule has 2 aromatic heterocycles. The lowest BCUT2D eigenvalue weighted by atomic mass is 10.2. The molecule has 0 aliphatic heterocycles. The summed E-state index contributed by atoms with van der Waals surface area (Å²) in [6.07, 6.45) is 0.0216. The van der Waals surface area contributed by atoms with Gasteiger partial charge in [-0.25, -0.2) is 9.97 Å². The number of hydrogen-bond donors (Lipinski definition) is 1. The molecule has 2 heterocycles. The number of pyridine rings is 1. The van der Waals surface area contributed by atoms with Gasteiger partial charge in [-0.05, 0) is 19.1 Å². The SMILES string of the molecule is CCNc1cc(C(F)(F)F)cc(-n2ccnc2)n1. The molecule has 0 saturated heterocycles. The zero-order valence-corrected chi connectivity index (χ0v) is 9.57. The quantitative estimate of drug-likeness (QED) is 0.918. The molecule has 0 aromatic carbocycles. The van der Waals surface area contributed by atoms with Crippen molar-refractivity contribution >= 4 is 5.82 Å². The second kappa shape index (κ2) is 4.67. The lowest BCUT2D eigenvalue weighted by Crippen LogP contribution is -2.10. The normalized spacial score (nSPS) is 11.6. The van der Waals surface area contributed by atoms with Gasteiger partial charge in [0, 0.05) is 18.9 Å². The zero-order chi connectivity index (χ0) is 13.2. The molecule has 0 amide bonds. The van der Waals surface area contributed by atoms with Crippen LogP contribution < -0.4 is 5.32 Å². The molecule has 2 aromatic rings. The van der Waals surface area contributed by atoms with Crippen molar-refractivity contribution in [1.82, 2.24) is 14.5 Å². The summed E-state index contributed by atoms with van der Waals surface area (Å²) >= 11 is 0. The Hall–Kier alpha value is -2.05. The Morgan fingerprint density at radius 3 is 2.67 bits per heavy atom. The van der Waals surface area contributed by atoms with Crippen molar-refractivity contribution < 1.29 is 13.2 Å². The molecule has 0 aliphatic rings. The third-order valence-electron chi connectivity index (χ3n) is 2.27. The van der Waals surface area contributed by atoms with Gasteiger partial charge < -0.3 is 5.32 Å². The van der Waals surface area contributed by atoms with E-state index < -0.39 is 11.7 Å². The highest BCUT2D eigenvalue weighted by molar-refractivity contribution is 5.45. The van der Waals surface area contributed by atoms with E-state index in [0.717, 1.165) is 12.1 Å². The first-order valence-electron chi connectivity index (χ1n) is 5.32. The monoisotopic (exact) mass is 256 g/mol. The number of nitrogens with zero attached hydrogens (tertiary/aromatic N) is 3. The summed E-state index contributed by atoms with van der Waals surface area (Å²) in [6.45, 7) is 2.29. The molecule has 18 heavy (non-hydrogen) atoms. The largest absolute Gasteiger partial charge is 0.416 e. The van der Waals surface area contributed by atoms with E-state index in [2.05, 4.69) is 15.3 Å². The molecule has 0 atom stereocenters. The molecule has 1 N–H and O–H groups in total. The van der Waals surface area contributed by atoms with Gasteiger partial charge in [-0.1, -0.05) is 0 Å². The minimum absolute atomic E-state index is 0.179. The van der Waals surface area contributed by atoms with Crippen molar-refractivity contribution in [3.8, 4) is 5.82 Å². The number of imidazole rings is 1. The van der Waals surface area contributed by atoms with Crippen LogP contribution in [0.15, 0.2) is 30.9 Å². The van der Waals surface area contributed by atoms with Crippen LogP contribution in [-0.4, -0.2) is 21.1 Å². The van der Waals surface area contributed by atoms with Crippen LogP contribution in [0.2, 0.25) is 0 Å². The standard InChI is InChI=1S/C11H11F3N4/c1-2-16-9-5-8(11(12,13)14)6-10(17-9)18-4-3-15-7-18/h3-7H,2H2,1H3,(H,16,17). The average molecular weight is 256 g/mol. The van der Waals surface area contributed by atoms with E-state index in [1.165, 1.54) is 23.3 Å². The summed E-state index contributed by atoms with van der Waals surface area (Å²) in [6, 6.07) is 1.98. The maximum Gasteiger partial charge on any atom is 0.416 e. The highest BCUT2D eigenvalue weighted by Crippen LogP contribution is 2.31. The number of halogens is 3. The van der Waals surface area contributed by atoms with E-state index in [-0.39, 0.29) is 11.6 Å². The minimum Gasteiger partial charge on any atom is -0.370 e. The predicted octanol–water partition coefficient (Wildman–Crippen LogP) is 2.72. The van der Waals surface area contributed by atoms with Crippen molar-refractivity contribution in [2.24, 2.45) is 0 Å². The first kappa shape index (κ1) is 12.4. The second-order valence-corrected chi connectivity index (χ2v) is 3.60. The Bertz CT molecular complexity index is 520. The molecule has 4 nitrogen and oxygen atoms in total. The summed E-state index contributed by atoms with van der Waals surface area (Å²) in [5.74, 6) is 0.370. The highest BCUT2D eigenvalue weighted by Gasteiger charge is 2.31. The molecule has 0 radical (unpaired) electrons. The maximum atomic E-state index is 12.7. The van der Waals surface area contributed by atoms with Gasteiger partial charge >= 0.3 is 6.18 Å². The van der Waals surface area contributed by atoms with Crippen molar-refractivity contribution in [2.75, 3.05) is 11.9 Å². The van der Waals surface area contributed by atoms with Gasteiger partial charge in [-0.2, -0.15) is 13.2 Å². The van der Waals surface area contributed by atoms with Gasteiger partial charge in [-0.15, -0.1) is 0 Å². The van der Waals surface area contributed by atoms with Gasteiger partial charge in [0.1, 0.15) is 18.0 Å². The first-order valence-corrected chi connectivity index (χ1v) is 5.32. The topological polar surface area (TPSA) is 42.7 Å². The Labute approximate surface area is 101 Å². The van der Waals surface area contributed by atoms with E-state index in [9.17, 15) is 13.2 Å². The Morgan fingerprint density at radius 1 is 1.33 bits per heavy atom. The van der Waals surface area contributed by atoms with Crippen LogP contribution in [0.3, 0.4) is 0 Å². The number of hydrogen-bond acceptors (Lipinski definition) is 3. The fourth-order valence-corrected chi connectivity index (χ4v) is 1.48. The summed E-state index contributed by atoms with van der Waals surface area (Å²) in [4.78, 5) is 7.88. The Kier molecular flexibility index (Phi) is 3.22. The van der Waals surface area contributed by atoms with E-state index in [0.29, 0.717) is 6.54 Å². The third kappa shape index (κ3) is 2.61. The summed E-state index contributed by atoms with van der Waals surface area (Å²) < 4.78 is 39.7. The number of rotatable bonds is 3. The second-order valence-electron chi connectivity index (χ2n) is 3.60. The number of nitrogens with one attached hydrogen (secondary N) is 1. The minimum atomic E-state index is -4.40. The van der Waals surface area contributed by atoms with Crippen LogP contribution in [0.25, 0.3) is 5.82 Å². The number of anilines is 1. The van der Waals surface area contributed by atoms with Gasteiger partial charge in [0.25, 0.3) is 0 Å². The van der Waals surface area contributed by atoms with Crippen LogP contribution in [0.4, 0.5) is 19.0 Å². The molecule has 2 rings (SSSR count). The molecule has 96 valence electrons. The lowest BCUT2D eigenvalue weighted by Gasteiger charge is -2.12. The maximum absolute atomic E-state index is 12.7. The van der Waals surface area contributed by atoms with Crippen LogP contribution in [0.5, 0.6) is 0 Å². The molecular weight excluding hydrogens is 245 g/mol. The summed E-state index contributed by atoms with van der Waals surface area (Å²) in [7, 11) is 0. The van der Waals surface area contributed by atoms with E-state index in [4.69, 9.17) is 0 Å². The van der Waals surface area contributed by atoms with Crippen molar-refractivity contribution in [3.05, 3.63) is 36.4 Å². The molecule has 0 spiro atoms. The molecule has 0 saturated carbocycles. The molecule has 0 aliphatic carbocycles. The highest BCUT2D eigenvalue weighted by atomic mass is 19.4. The summed E-state index contributed by atoms with van der Waals surface area (Å²) in [5, 5.41) is 2.78. The number of aromatic nitrogens is 3. The summed E-state index contributed by atoms with van der Waals surface area (Å²) in [5.41, 5.74) is -0.739. The van der Waals surface area contributed by atoms with Crippen molar-refractivity contribution in [2.45, 2.75) is 13.1 Å². The van der Waals surface area contributed by atoms with Crippen LogP contribution >= 0.6 is 0 Å². The van der Waals surface area contributed by atoms with E-state index in [1.807, 2.05) is 0 Å². The molecule has 0 unspecified atom stereocenters. The van der Waals surface area contributed by atoms with Crippen LogP contribution in [0, 0.1) is 0 Å². The fraction of sp³-hybridized carbons (Fsp3) is 0.273. The molecule has 7 heteroatoms. The molecule has 0 fully saturated rings. The Balaban J connectivity index is 2.50. The van der Waals surface area contributed by atoms with Crippen molar-refractivity contribution in [3.63, 3.8) is 0 Å². The zero-order valence-electron chi connectivity index (χ0n) is 9.57. The van der Waals surface area contributed by atoms with Crippen molar-refractivity contribution in [1.29, 1.82) is 0 Å². The van der Waals surface area contributed by atoms with Crippen LogP contribution in [0.1, 0.15) is 12.5 Å². The Morgan fingerprint density at radius 2 is 2.11 bits per heavy atom. The number of alkyl halides is 3. The average Bonchev–Trinajstić information content (AvgIpc) is 2.81. The van der Waals surface area contributed by atoms with Gasteiger partial charge in [-0.3, -0.25) is 4.57 Å². The van der Waals surface area contributed by atoms with E-state index >= 15 is 0 Å². The molecular formula is C11H11F3N4. The smallest absolute Gasteiger partial charge is 0.370 e. The van der Waals surface area contributed by atoms with Gasteiger partial charge in [0.2, 0.25) is 0 Å². The van der Waals surface area contributed by atoms with Crippen LogP contribution in [-0.2, 0) is 6.18 Å². The third-order valence-corrected chi connectivity index (χ3v) is 2.27. The van der Waals surface area contributed by atoms with Gasteiger partial charge in [0.15, 0.2) is 0 Å². The lowest BCUT2D eigenvalue weighted by molar-refractivity contribution is -0.137. The van der Waals surface area contributed by atoms with E-state index in [1.54, 1.807) is 6.92 Å². The molecule has 0 bridgehead atoms. The first-order chi connectivity index (χ1) is 8.50. The van der Waals surface area contributed by atoms with Gasteiger partial charge in [0.05, 0.1) is 5.56 Å². The predicted molar refractivity (Wildman–Crippen MR) is 60.5 cm³/mol.